The summed E-state index contributed by atoms with van der Waals surface area (Å²) in [6.45, 7) is 3.24. The van der Waals surface area contributed by atoms with E-state index in [0.29, 0.717) is 18.1 Å². The van der Waals surface area contributed by atoms with Gasteiger partial charge in [-0.05, 0) is 56.3 Å². The normalized spacial score (nSPS) is 28.0. The van der Waals surface area contributed by atoms with Gasteiger partial charge in [-0.2, -0.15) is 0 Å². The zero-order valence-corrected chi connectivity index (χ0v) is 13.4. The van der Waals surface area contributed by atoms with Crippen molar-refractivity contribution in [1.29, 1.82) is 0 Å². The predicted molar refractivity (Wildman–Crippen MR) is 88.0 cm³/mol. The number of hydrogen-bond donors (Lipinski definition) is 1. The Bertz CT molecular complexity index is 514. The molecule has 1 aliphatic heterocycles. The van der Waals surface area contributed by atoms with Gasteiger partial charge in [0, 0.05) is 23.0 Å². The molecular formula is C18H24ClNO. The molecule has 1 heterocycles. The van der Waals surface area contributed by atoms with E-state index in [9.17, 15) is 0 Å². The average molecular weight is 306 g/mol. The van der Waals surface area contributed by atoms with E-state index >= 15 is 0 Å². The van der Waals surface area contributed by atoms with E-state index in [1.54, 1.807) is 0 Å². The maximum atomic E-state index is 6.30. The molecule has 3 rings (SSSR count). The number of allylic oxidation sites excluding steroid dienone is 2. The van der Waals surface area contributed by atoms with Crippen LogP contribution in [0.1, 0.15) is 50.6 Å². The first kappa shape index (κ1) is 14.9. The average Bonchev–Trinajstić information content (AvgIpc) is 2.53. The maximum Gasteiger partial charge on any atom is 0.124 e. The van der Waals surface area contributed by atoms with Gasteiger partial charge in [0.05, 0.1) is 0 Å². The molecule has 0 spiro atoms. The van der Waals surface area contributed by atoms with Gasteiger partial charge < -0.3 is 10.1 Å². The van der Waals surface area contributed by atoms with Gasteiger partial charge in [-0.15, -0.1) is 0 Å². The van der Waals surface area contributed by atoms with Crippen LogP contribution >= 0.6 is 11.6 Å². The van der Waals surface area contributed by atoms with Crippen LogP contribution in [-0.4, -0.2) is 12.6 Å². The van der Waals surface area contributed by atoms with E-state index < -0.39 is 0 Å². The Morgan fingerprint density at radius 1 is 1.33 bits per heavy atom. The lowest BCUT2D eigenvalue weighted by Crippen LogP contribution is -2.38. The summed E-state index contributed by atoms with van der Waals surface area (Å²) in [4.78, 5) is 0. The lowest BCUT2D eigenvalue weighted by atomic mass is 9.83. The third-order valence-electron chi connectivity index (χ3n) is 4.57. The largest absolute Gasteiger partial charge is 0.490 e. The van der Waals surface area contributed by atoms with E-state index in [4.69, 9.17) is 16.3 Å². The van der Waals surface area contributed by atoms with Crippen molar-refractivity contribution in [2.75, 3.05) is 6.54 Å². The second-order valence-corrected chi connectivity index (χ2v) is 6.56. The van der Waals surface area contributed by atoms with Gasteiger partial charge in [0.2, 0.25) is 0 Å². The first-order valence-electron chi connectivity index (χ1n) is 8.12. The fourth-order valence-electron chi connectivity index (χ4n) is 3.42. The molecule has 0 radical (unpaired) electrons. The molecule has 0 saturated heterocycles. The molecular weight excluding hydrogens is 282 g/mol. The summed E-state index contributed by atoms with van der Waals surface area (Å²) in [6, 6.07) is 6.38. The molecule has 1 N–H and O–H groups in total. The summed E-state index contributed by atoms with van der Waals surface area (Å²) in [6.07, 6.45) is 10.7. The van der Waals surface area contributed by atoms with Crippen LogP contribution in [0.4, 0.5) is 0 Å². The number of ether oxygens (including phenoxy) is 1. The number of rotatable bonds is 4. The van der Waals surface area contributed by atoms with Crippen molar-refractivity contribution in [3.8, 4) is 5.75 Å². The Hall–Kier alpha value is -0.990. The number of hydrogen-bond acceptors (Lipinski definition) is 2. The summed E-state index contributed by atoms with van der Waals surface area (Å²) in [5.41, 5.74) is 1.22. The topological polar surface area (TPSA) is 21.3 Å². The van der Waals surface area contributed by atoms with Crippen molar-refractivity contribution in [2.45, 2.75) is 51.2 Å². The summed E-state index contributed by atoms with van der Waals surface area (Å²) < 4.78 is 6.30. The number of halogens is 1. The third kappa shape index (κ3) is 3.44. The molecule has 3 atom stereocenters. The Morgan fingerprint density at radius 2 is 2.24 bits per heavy atom. The van der Waals surface area contributed by atoms with Crippen molar-refractivity contribution in [1.82, 2.24) is 5.32 Å². The highest BCUT2D eigenvalue weighted by Crippen LogP contribution is 2.40. The van der Waals surface area contributed by atoms with Crippen molar-refractivity contribution in [2.24, 2.45) is 5.92 Å². The second-order valence-electron chi connectivity index (χ2n) is 6.13. The first-order valence-corrected chi connectivity index (χ1v) is 8.50. The van der Waals surface area contributed by atoms with Crippen molar-refractivity contribution >= 4 is 11.6 Å². The van der Waals surface area contributed by atoms with E-state index in [1.165, 1.54) is 18.4 Å². The fourth-order valence-corrected chi connectivity index (χ4v) is 3.61. The Kier molecular flexibility index (Phi) is 4.87. The molecule has 3 heteroatoms. The molecule has 2 aliphatic rings. The highest BCUT2D eigenvalue weighted by Gasteiger charge is 2.33. The Balaban J connectivity index is 1.81. The SMILES string of the molecule is CCCNC1CC(C2CC=CCC2)Oc2ccc(Cl)cc21. The zero-order valence-electron chi connectivity index (χ0n) is 12.6. The minimum absolute atomic E-state index is 0.318. The van der Waals surface area contributed by atoms with Crippen LogP contribution in [0.25, 0.3) is 0 Å². The molecule has 1 aromatic rings. The fraction of sp³-hybridized carbons (Fsp3) is 0.556. The standard InChI is InChI=1S/C18H24ClNO/c1-2-10-20-16-12-18(13-6-4-3-5-7-13)21-17-9-8-14(19)11-15(16)17/h3-4,8-9,11,13,16,18,20H,2,5-7,10,12H2,1H3. The molecule has 0 amide bonds. The van der Waals surface area contributed by atoms with E-state index in [1.807, 2.05) is 12.1 Å². The quantitative estimate of drug-likeness (QED) is 0.800. The molecule has 114 valence electrons. The van der Waals surface area contributed by atoms with E-state index in [0.717, 1.165) is 36.6 Å². The van der Waals surface area contributed by atoms with Crippen LogP contribution in [0.15, 0.2) is 30.4 Å². The van der Waals surface area contributed by atoms with Gasteiger partial charge in [0.1, 0.15) is 11.9 Å². The summed E-state index contributed by atoms with van der Waals surface area (Å²) >= 11 is 6.17. The molecule has 0 aromatic heterocycles. The van der Waals surface area contributed by atoms with Crippen molar-refractivity contribution in [3.05, 3.63) is 40.9 Å². The first-order chi connectivity index (χ1) is 10.3. The van der Waals surface area contributed by atoms with Gasteiger partial charge in [0.15, 0.2) is 0 Å². The lowest BCUT2D eigenvalue weighted by Gasteiger charge is -2.37. The van der Waals surface area contributed by atoms with Crippen LogP contribution < -0.4 is 10.1 Å². The Morgan fingerprint density at radius 3 is 3.00 bits per heavy atom. The van der Waals surface area contributed by atoms with Gasteiger partial charge in [-0.3, -0.25) is 0 Å². The second kappa shape index (κ2) is 6.85. The monoisotopic (exact) mass is 305 g/mol. The molecule has 21 heavy (non-hydrogen) atoms. The van der Waals surface area contributed by atoms with Crippen LogP contribution in [0, 0.1) is 5.92 Å². The maximum absolute atomic E-state index is 6.30. The molecule has 3 unspecified atom stereocenters. The Labute approximate surface area is 132 Å². The van der Waals surface area contributed by atoms with Crippen LogP contribution in [0.2, 0.25) is 5.02 Å². The van der Waals surface area contributed by atoms with Gasteiger partial charge in [-0.25, -0.2) is 0 Å². The molecule has 2 nitrogen and oxygen atoms in total. The van der Waals surface area contributed by atoms with E-state index in [2.05, 4.69) is 30.5 Å². The minimum atomic E-state index is 0.318. The van der Waals surface area contributed by atoms with Crippen LogP contribution in [0.5, 0.6) is 5.75 Å². The van der Waals surface area contributed by atoms with Gasteiger partial charge in [0.25, 0.3) is 0 Å². The molecule has 0 saturated carbocycles. The summed E-state index contributed by atoms with van der Waals surface area (Å²) in [5, 5.41) is 4.46. The highest BCUT2D eigenvalue weighted by molar-refractivity contribution is 6.30. The summed E-state index contributed by atoms with van der Waals surface area (Å²) in [5.74, 6) is 1.66. The van der Waals surface area contributed by atoms with Crippen molar-refractivity contribution < 1.29 is 4.74 Å². The number of fused-ring (bicyclic) bond motifs is 1. The van der Waals surface area contributed by atoms with E-state index in [-0.39, 0.29) is 0 Å². The third-order valence-corrected chi connectivity index (χ3v) is 4.80. The van der Waals surface area contributed by atoms with Gasteiger partial charge in [-0.1, -0.05) is 30.7 Å². The number of benzene rings is 1. The van der Waals surface area contributed by atoms with Crippen LogP contribution in [0.3, 0.4) is 0 Å². The molecule has 1 aliphatic carbocycles. The van der Waals surface area contributed by atoms with Crippen LogP contribution in [-0.2, 0) is 0 Å². The highest BCUT2D eigenvalue weighted by atomic mass is 35.5. The zero-order chi connectivity index (χ0) is 14.7. The predicted octanol–water partition coefficient (Wildman–Crippen LogP) is 4.89. The molecule has 0 fully saturated rings. The smallest absolute Gasteiger partial charge is 0.124 e. The molecule has 1 aromatic carbocycles. The minimum Gasteiger partial charge on any atom is -0.490 e. The molecule has 0 bridgehead atoms. The van der Waals surface area contributed by atoms with Gasteiger partial charge >= 0.3 is 0 Å². The number of nitrogens with one attached hydrogen (secondary N) is 1. The lowest BCUT2D eigenvalue weighted by molar-refractivity contribution is 0.0874. The van der Waals surface area contributed by atoms with Crippen molar-refractivity contribution in [3.63, 3.8) is 0 Å². The summed E-state index contributed by atoms with van der Waals surface area (Å²) in [7, 11) is 0.